The first-order valence-corrected chi connectivity index (χ1v) is 9.93. The van der Waals surface area contributed by atoms with Crippen molar-refractivity contribution in [3.63, 3.8) is 0 Å². The second-order valence-electron chi connectivity index (χ2n) is 6.81. The number of carbonyl (C=O) groups is 2. The number of imidazole rings is 1. The van der Waals surface area contributed by atoms with E-state index in [0.717, 1.165) is 17.5 Å². The van der Waals surface area contributed by atoms with Crippen LogP contribution in [0.4, 0.5) is 0 Å². The predicted molar refractivity (Wildman–Crippen MR) is 114 cm³/mol. The van der Waals surface area contributed by atoms with Crippen LogP contribution in [0.3, 0.4) is 0 Å². The molecular formula is C21H23ClN4O4. The fraction of sp³-hybridized carbons (Fsp3) is 0.286. The third kappa shape index (κ3) is 4.83. The van der Waals surface area contributed by atoms with Crippen molar-refractivity contribution in [3.8, 4) is 5.75 Å². The van der Waals surface area contributed by atoms with E-state index in [9.17, 15) is 14.4 Å². The van der Waals surface area contributed by atoms with Gasteiger partial charge < -0.3 is 4.74 Å². The van der Waals surface area contributed by atoms with Crippen LogP contribution in [0.25, 0.3) is 11.0 Å². The highest BCUT2D eigenvalue weighted by Crippen LogP contribution is 2.20. The van der Waals surface area contributed by atoms with Gasteiger partial charge in [-0.25, -0.2) is 4.79 Å². The first kappa shape index (κ1) is 21.4. The molecule has 0 aliphatic rings. The van der Waals surface area contributed by atoms with E-state index < -0.39 is 11.8 Å². The molecule has 3 rings (SSSR count). The number of rotatable bonds is 7. The minimum atomic E-state index is -0.531. The largest absolute Gasteiger partial charge is 0.484 e. The first-order valence-electron chi connectivity index (χ1n) is 9.55. The lowest BCUT2D eigenvalue weighted by molar-refractivity contribution is -0.130. The predicted octanol–water partition coefficient (Wildman–Crippen LogP) is 2.40. The number of hydrogen-bond acceptors (Lipinski definition) is 4. The van der Waals surface area contributed by atoms with E-state index in [1.54, 1.807) is 28.8 Å². The van der Waals surface area contributed by atoms with Crippen molar-refractivity contribution in [1.29, 1.82) is 0 Å². The molecule has 0 radical (unpaired) electrons. The number of hydrogen-bond donors (Lipinski definition) is 2. The van der Waals surface area contributed by atoms with E-state index in [0.29, 0.717) is 22.8 Å². The van der Waals surface area contributed by atoms with Gasteiger partial charge in [0, 0.05) is 11.6 Å². The number of ether oxygens (including phenoxy) is 1. The Bertz CT molecular complexity index is 1140. The van der Waals surface area contributed by atoms with Crippen LogP contribution in [0.15, 0.2) is 47.3 Å². The molecule has 0 fully saturated rings. The summed E-state index contributed by atoms with van der Waals surface area (Å²) in [4.78, 5) is 36.9. The molecule has 2 amide bonds. The maximum atomic E-state index is 12.7. The second kappa shape index (κ2) is 9.49. The third-order valence-electron chi connectivity index (χ3n) is 4.51. The number of nitrogens with one attached hydrogen (secondary N) is 2. The van der Waals surface area contributed by atoms with Crippen LogP contribution in [-0.2, 0) is 22.7 Å². The van der Waals surface area contributed by atoms with E-state index in [4.69, 9.17) is 16.3 Å². The summed E-state index contributed by atoms with van der Waals surface area (Å²) >= 11 is 5.95. The van der Waals surface area contributed by atoms with E-state index in [2.05, 4.69) is 10.9 Å². The number of hydrazine groups is 1. The van der Waals surface area contributed by atoms with Gasteiger partial charge in [-0.2, -0.15) is 0 Å². The molecule has 0 saturated heterocycles. The fourth-order valence-corrected chi connectivity index (χ4v) is 3.20. The Hall–Kier alpha value is -3.26. The summed E-state index contributed by atoms with van der Waals surface area (Å²) in [5.74, 6) is -0.558. The molecule has 2 N–H and O–H groups in total. The van der Waals surface area contributed by atoms with Crippen LogP contribution in [0.2, 0.25) is 5.02 Å². The number of fused-ring (bicyclic) bond motifs is 1. The van der Waals surface area contributed by atoms with E-state index >= 15 is 0 Å². The van der Waals surface area contributed by atoms with E-state index in [1.807, 2.05) is 32.0 Å². The molecule has 0 atom stereocenters. The fourth-order valence-electron chi connectivity index (χ4n) is 3.08. The number of halogens is 1. The maximum absolute atomic E-state index is 12.7. The summed E-state index contributed by atoms with van der Waals surface area (Å²) in [6.45, 7) is 3.88. The van der Waals surface area contributed by atoms with Gasteiger partial charge in [0.25, 0.3) is 11.8 Å². The first-order chi connectivity index (χ1) is 14.4. The zero-order valence-corrected chi connectivity index (χ0v) is 17.5. The second-order valence-corrected chi connectivity index (χ2v) is 7.21. The smallest absolute Gasteiger partial charge is 0.329 e. The number of para-hydroxylation sites is 2. The lowest BCUT2D eigenvalue weighted by atomic mass is 10.2. The van der Waals surface area contributed by atoms with Gasteiger partial charge in [0.05, 0.1) is 11.0 Å². The van der Waals surface area contributed by atoms with Gasteiger partial charge in [0.15, 0.2) is 6.61 Å². The average Bonchev–Trinajstić information content (AvgIpc) is 2.99. The molecule has 2 aromatic carbocycles. The third-order valence-corrected chi connectivity index (χ3v) is 4.94. The van der Waals surface area contributed by atoms with Gasteiger partial charge in [-0.3, -0.25) is 29.6 Å². The highest BCUT2D eigenvalue weighted by Gasteiger charge is 2.15. The molecule has 1 heterocycles. The van der Waals surface area contributed by atoms with Crippen molar-refractivity contribution < 1.29 is 14.3 Å². The van der Waals surface area contributed by atoms with Crippen LogP contribution in [0.5, 0.6) is 5.75 Å². The van der Waals surface area contributed by atoms with Crippen molar-refractivity contribution in [1.82, 2.24) is 20.0 Å². The summed E-state index contributed by atoms with van der Waals surface area (Å²) in [5.41, 5.74) is 6.60. The van der Waals surface area contributed by atoms with Gasteiger partial charge in [-0.05, 0) is 49.2 Å². The number of amides is 2. The zero-order chi connectivity index (χ0) is 21.7. The van der Waals surface area contributed by atoms with Crippen LogP contribution < -0.4 is 21.3 Å². The van der Waals surface area contributed by atoms with Crippen LogP contribution in [0, 0.1) is 6.92 Å². The molecular weight excluding hydrogens is 408 g/mol. The quantitative estimate of drug-likeness (QED) is 0.563. The average molecular weight is 431 g/mol. The summed E-state index contributed by atoms with van der Waals surface area (Å²) < 4.78 is 8.41. The zero-order valence-electron chi connectivity index (χ0n) is 16.8. The molecule has 0 saturated carbocycles. The van der Waals surface area contributed by atoms with Crippen molar-refractivity contribution in [2.75, 3.05) is 6.61 Å². The Kier molecular flexibility index (Phi) is 6.79. The number of carbonyl (C=O) groups excluding carboxylic acids is 2. The van der Waals surface area contributed by atoms with Gasteiger partial charge in [0.2, 0.25) is 0 Å². The number of aryl methyl sites for hydroxylation is 2. The summed E-state index contributed by atoms with van der Waals surface area (Å²) in [6.07, 6.45) is 0.795. The highest BCUT2D eigenvalue weighted by molar-refractivity contribution is 6.31. The number of benzene rings is 2. The van der Waals surface area contributed by atoms with Gasteiger partial charge >= 0.3 is 5.69 Å². The Labute approximate surface area is 178 Å². The molecule has 0 bridgehead atoms. The van der Waals surface area contributed by atoms with Crippen molar-refractivity contribution in [2.45, 2.75) is 33.4 Å². The lowest BCUT2D eigenvalue weighted by Gasteiger charge is -2.10. The molecule has 0 unspecified atom stereocenters. The van der Waals surface area contributed by atoms with Crippen molar-refractivity contribution in [3.05, 3.63) is 63.5 Å². The molecule has 0 spiro atoms. The standard InChI is InChI=1S/C21H23ClN4O4/c1-3-10-25-17-6-4-5-7-18(17)26(21(25)29)12-19(27)23-24-20(28)13-30-15-8-9-16(22)14(2)11-15/h4-9,11H,3,10,12-13H2,1-2H3,(H,23,27)(H,24,28). The SMILES string of the molecule is CCCn1c(=O)n(CC(=O)NNC(=O)COc2ccc(Cl)c(C)c2)c2ccccc21. The van der Waals surface area contributed by atoms with Gasteiger partial charge in [0.1, 0.15) is 12.3 Å². The minimum Gasteiger partial charge on any atom is -0.484 e. The van der Waals surface area contributed by atoms with Crippen LogP contribution in [-0.4, -0.2) is 27.6 Å². The topological polar surface area (TPSA) is 94.4 Å². The number of aromatic nitrogens is 2. The highest BCUT2D eigenvalue weighted by atomic mass is 35.5. The molecule has 0 aliphatic heterocycles. The summed E-state index contributed by atoms with van der Waals surface area (Å²) in [7, 11) is 0. The van der Waals surface area contributed by atoms with E-state index in [1.165, 1.54) is 4.57 Å². The van der Waals surface area contributed by atoms with Crippen molar-refractivity contribution >= 4 is 34.4 Å². The monoisotopic (exact) mass is 430 g/mol. The van der Waals surface area contributed by atoms with Crippen LogP contribution >= 0.6 is 11.6 Å². The Morgan fingerprint density at radius 1 is 1.03 bits per heavy atom. The normalized spacial score (nSPS) is 10.8. The molecule has 9 heteroatoms. The Morgan fingerprint density at radius 2 is 1.70 bits per heavy atom. The number of nitrogens with zero attached hydrogens (tertiary/aromatic N) is 2. The summed E-state index contributed by atoms with van der Waals surface area (Å²) in [5, 5.41) is 0.606. The molecule has 30 heavy (non-hydrogen) atoms. The molecule has 0 aliphatic carbocycles. The maximum Gasteiger partial charge on any atom is 0.329 e. The lowest BCUT2D eigenvalue weighted by Crippen LogP contribution is -2.46. The van der Waals surface area contributed by atoms with Crippen LogP contribution in [0.1, 0.15) is 18.9 Å². The Morgan fingerprint density at radius 3 is 2.37 bits per heavy atom. The molecule has 8 nitrogen and oxygen atoms in total. The van der Waals surface area contributed by atoms with Crippen molar-refractivity contribution in [2.24, 2.45) is 0 Å². The van der Waals surface area contributed by atoms with Gasteiger partial charge in [-0.1, -0.05) is 30.7 Å². The minimum absolute atomic E-state index is 0.215. The van der Waals surface area contributed by atoms with Gasteiger partial charge in [-0.15, -0.1) is 0 Å². The summed E-state index contributed by atoms with van der Waals surface area (Å²) in [6, 6.07) is 12.3. The van der Waals surface area contributed by atoms with E-state index in [-0.39, 0.29) is 18.8 Å². The molecule has 3 aromatic rings. The molecule has 1 aromatic heterocycles. The molecule has 158 valence electrons. The Balaban J connectivity index is 1.58.